The molecule has 0 saturated carbocycles. The van der Waals surface area contributed by atoms with E-state index >= 15 is 0 Å². The summed E-state index contributed by atoms with van der Waals surface area (Å²) in [5, 5.41) is 3.73. The number of rotatable bonds is 8. The molecular weight excluding hydrogens is 359 g/mol. The number of furan rings is 1. The average Bonchev–Trinajstić information content (AvgIpc) is 3.10. The Morgan fingerprint density at radius 3 is 2.83 bits per heavy atom. The zero-order valence-corrected chi connectivity index (χ0v) is 15.3. The minimum atomic E-state index is -0.180. The molecule has 130 valence electrons. The first-order valence-corrected chi connectivity index (χ1v) is 7.86. The van der Waals surface area contributed by atoms with Crippen LogP contribution in [-0.2, 0) is 12.8 Å². The quantitative estimate of drug-likeness (QED) is 0.542. The molecule has 3 N–H and O–H groups in total. The molecule has 2 aromatic rings. The van der Waals surface area contributed by atoms with Crippen LogP contribution in [0.3, 0.4) is 0 Å². The van der Waals surface area contributed by atoms with Crippen molar-refractivity contribution in [3.63, 3.8) is 0 Å². The summed E-state index contributed by atoms with van der Waals surface area (Å²) in [7, 11) is 1.94. The molecule has 0 aliphatic carbocycles. The van der Waals surface area contributed by atoms with E-state index in [1.54, 1.807) is 24.0 Å². The number of thioether (sulfide) groups is 1. The fourth-order valence-electron chi connectivity index (χ4n) is 1.76. The van der Waals surface area contributed by atoms with E-state index in [0.717, 1.165) is 23.8 Å². The Kier molecular flexibility index (Phi) is 10.8. The number of unbranched alkanes of at least 4 members (excludes halogenated alkanes) is 1. The van der Waals surface area contributed by atoms with Crippen LogP contribution in [0.5, 0.6) is 0 Å². The lowest BCUT2D eigenvalue weighted by Gasteiger charge is -2.02. The molecule has 2 heterocycles. The zero-order valence-electron chi connectivity index (χ0n) is 12.9. The van der Waals surface area contributed by atoms with Gasteiger partial charge >= 0.3 is 0 Å². The smallest absolute Gasteiger partial charge is 0.286 e. The van der Waals surface area contributed by atoms with Crippen molar-refractivity contribution in [3.05, 3.63) is 36.0 Å². The summed E-state index contributed by atoms with van der Waals surface area (Å²) in [6.45, 7) is 1.26. The highest BCUT2D eigenvalue weighted by atomic mass is 35.5. The van der Waals surface area contributed by atoms with Crippen LogP contribution in [0.15, 0.2) is 34.1 Å². The van der Waals surface area contributed by atoms with Crippen molar-refractivity contribution in [2.24, 2.45) is 12.8 Å². The highest BCUT2D eigenvalue weighted by Gasteiger charge is 2.11. The van der Waals surface area contributed by atoms with Crippen LogP contribution in [0.4, 0.5) is 0 Å². The van der Waals surface area contributed by atoms with Crippen LogP contribution >= 0.6 is 36.6 Å². The normalized spacial score (nSPS) is 9.83. The van der Waals surface area contributed by atoms with Crippen molar-refractivity contribution in [3.8, 4) is 0 Å². The van der Waals surface area contributed by atoms with E-state index in [0.29, 0.717) is 24.6 Å². The summed E-state index contributed by atoms with van der Waals surface area (Å²) in [6, 6.07) is 3.53. The molecule has 1 amide bonds. The average molecular weight is 381 g/mol. The molecule has 0 aliphatic heterocycles. The maximum absolute atomic E-state index is 11.8. The van der Waals surface area contributed by atoms with Gasteiger partial charge < -0.3 is 20.0 Å². The first-order valence-electron chi connectivity index (χ1n) is 6.88. The molecule has 0 aliphatic rings. The number of imidazole rings is 1. The number of nitrogens with one attached hydrogen (secondary N) is 1. The van der Waals surface area contributed by atoms with Crippen molar-refractivity contribution in [2.75, 3.05) is 13.1 Å². The summed E-state index contributed by atoms with van der Waals surface area (Å²) >= 11 is 1.57. The second-order valence-corrected chi connectivity index (χ2v) is 5.57. The van der Waals surface area contributed by atoms with Gasteiger partial charge in [-0.2, -0.15) is 0 Å². The van der Waals surface area contributed by atoms with E-state index in [1.165, 1.54) is 0 Å². The summed E-state index contributed by atoms with van der Waals surface area (Å²) in [4.78, 5) is 16.1. The summed E-state index contributed by atoms with van der Waals surface area (Å²) < 4.78 is 7.49. The standard InChI is InChI=1S/C14H20N4O2S.2ClH/c1-18-9-8-17-14(18)21-10-11-4-5-12(20-11)13(19)16-7-3-2-6-15;;/h4-5,8-9H,2-3,6-7,10,15H2,1H3,(H,16,19);2*1H. The molecule has 2 aromatic heterocycles. The van der Waals surface area contributed by atoms with E-state index < -0.39 is 0 Å². The zero-order chi connectivity index (χ0) is 15.1. The molecule has 2 rings (SSSR count). The number of hydrogen-bond donors (Lipinski definition) is 2. The number of amides is 1. The number of aromatic nitrogens is 2. The number of halogens is 2. The van der Waals surface area contributed by atoms with Gasteiger partial charge in [-0.25, -0.2) is 4.98 Å². The third kappa shape index (κ3) is 6.87. The lowest BCUT2D eigenvalue weighted by molar-refractivity contribution is 0.0924. The highest BCUT2D eigenvalue weighted by Crippen LogP contribution is 2.21. The Balaban J connectivity index is 0.00000242. The van der Waals surface area contributed by atoms with Crippen molar-refractivity contribution in [2.45, 2.75) is 23.8 Å². The number of aryl methyl sites for hydroxylation is 1. The fraction of sp³-hybridized carbons (Fsp3) is 0.429. The summed E-state index contributed by atoms with van der Waals surface area (Å²) in [5.74, 6) is 1.57. The number of nitrogens with two attached hydrogens (primary N) is 1. The topological polar surface area (TPSA) is 86.1 Å². The predicted octanol–water partition coefficient (Wildman–Crippen LogP) is 2.62. The van der Waals surface area contributed by atoms with Gasteiger partial charge in [-0.05, 0) is 31.5 Å². The Morgan fingerprint density at radius 1 is 1.39 bits per heavy atom. The van der Waals surface area contributed by atoms with Gasteiger partial charge in [-0.1, -0.05) is 11.8 Å². The Hall–Kier alpha value is -1.15. The molecule has 0 unspecified atom stereocenters. The second-order valence-electron chi connectivity index (χ2n) is 4.63. The lowest BCUT2D eigenvalue weighted by atomic mass is 10.3. The molecule has 6 nitrogen and oxygen atoms in total. The summed E-state index contributed by atoms with van der Waals surface area (Å²) in [6.07, 6.45) is 5.43. The third-order valence-electron chi connectivity index (χ3n) is 2.92. The Bertz CT molecular complexity index is 589. The van der Waals surface area contributed by atoms with Crippen LogP contribution in [0.2, 0.25) is 0 Å². The van der Waals surface area contributed by atoms with Crippen LogP contribution < -0.4 is 11.1 Å². The van der Waals surface area contributed by atoms with Gasteiger partial charge in [-0.15, -0.1) is 24.8 Å². The SMILES string of the molecule is Cl.Cl.Cn1ccnc1SCc1ccc(C(=O)NCCCCN)o1. The number of carbonyl (C=O) groups excluding carboxylic acids is 1. The van der Waals surface area contributed by atoms with Gasteiger partial charge in [0, 0.05) is 26.0 Å². The maximum Gasteiger partial charge on any atom is 0.286 e. The number of carbonyl (C=O) groups is 1. The second kappa shape index (κ2) is 11.4. The van der Waals surface area contributed by atoms with Crippen molar-refractivity contribution >= 4 is 42.5 Å². The van der Waals surface area contributed by atoms with E-state index in [1.807, 2.05) is 23.9 Å². The molecule has 0 spiro atoms. The summed E-state index contributed by atoms with van der Waals surface area (Å²) in [5.41, 5.74) is 5.40. The van der Waals surface area contributed by atoms with Crippen LogP contribution in [0.25, 0.3) is 0 Å². The molecule has 0 radical (unpaired) electrons. The van der Waals surface area contributed by atoms with E-state index in [-0.39, 0.29) is 30.7 Å². The van der Waals surface area contributed by atoms with Gasteiger partial charge in [0.1, 0.15) is 5.76 Å². The van der Waals surface area contributed by atoms with Gasteiger partial charge in [0.15, 0.2) is 10.9 Å². The van der Waals surface area contributed by atoms with E-state index in [2.05, 4.69) is 10.3 Å². The van der Waals surface area contributed by atoms with Gasteiger partial charge in [0.05, 0.1) is 5.75 Å². The number of nitrogens with zero attached hydrogens (tertiary/aromatic N) is 2. The van der Waals surface area contributed by atoms with Gasteiger partial charge in [-0.3, -0.25) is 4.79 Å². The van der Waals surface area contributed by atoms with Crippen molar-refractivity contribution < 1.29 is 9.21 Å². The van der Waals surface area contributed by atoms with Crippen LogP contribution in [0.1, 0.15) is 29.2 Å². The fourth-order valence-corrected chi connectivity index (χ4v) is 2.59. The third-order valence-corrected chi connectivity index (χ3v) is 4.00. The minimum absolute atomic E-state index is 0. The molecule has 0 bridgehead atoms. The van der Waals surface area contributed by atoms with Crippen LogP contribution in [-0.4, -0.2) is 28.5 Å². The van der Waals surface area contributed by atoms with Gasteiger partial charge in [0.25, 0.3) is 5.91 Å². The molecule has 0 saturated heterocycles. The van der Waals surface area contributed by atoms with E-state index in [4.69, 9.17) is 10.2 Å². The molecular formula is C14H22Cl2N4O2S. The number of hydrogen-bond acceptors (Lipinski definition) is 5. The molecule has 9 heteroatoms. The Morgan fingerprint density at radius 2 is 2.17 bits per heavy atom. The predicted molar refractivity (Wildman–Crippen MR) is 96.6 cm³/mol. The largest absolute Gasteiger partial charge is 0.455 e. The van der Waals surface area contributed by atoms with Crippen molar-refractivity contribution in [1.29, 1.82) is 0 Å². The minimum Gasteiger partial charge on any atom is -0.455 e. The first-order chi connectivity index (χ1) is 10.2. The van der Waals surface area contributed by atoms with Crippen LogP contribution in [0, 0.1) is 0 Å². The highest BCUT2D eigenvalue weighted by molar-refractivity contribution is 7.98. The van der Waals surface area contributed by atoms with Crippen molar-refractivity contribution in [1.82, 2.24) is 14.9 Å². The van der Waals surface area contributed by atoms with E-state index in [9.17, 15) is 4.79 Å². The molecule has 23 heavy (non-hydrogen) atoms. The van der Waals surface area contributed by atoms with Gasteiger partial charge in [0.2, 0.25) is 0 Å². The Labute approximate surface area is 152 Å². The molecule has 0 aromatic carbocycles. The molecule has 0 atom stereocenters. The monoisotopic (exact) mass is 380 g/mol. The molecule has 0 fully saturated rings. The first kappa shape index (κ1) is 21.9. The maximum atomic E-state index is 11.8. The lowest BCUT2D eigenvalue weighted by Crippen LogP contribution is -2.24.